The van der Waals surface area contributed by atoms with Crippen LogP contribution in [0.3, 0.4) is 0 Å². The molecule has 0 unspecified atom stereocenters. The minimum atomic E-state index is -0.172. The Labute approximate surface area is 111 Å². The maximum absolute atomic E-state index is 6.09. The zero-order chi connectivity index (χ0) is 13.8. The number of pyridine rings is 1. The number of nitrogens with one attached hydrogen (secondary N) is 1. The fourth-order valence-corrected chi connectivity index (χ4v) is 1.71. The third-order valence-electron chi connectivity index (χ3n) is 3.21. The molecule has 102 valence electrons. The quantitative estimate of drug-likeness (QED) is 0.840. The third-order valence-corrected chi connectivity index (χ3v) is 3.21. The van der Waals surface area contributed by atoms with Crippen LogP contribution in [-0.2, 0) is 6.54 Å². The van der Waals surface area contributed by atoms with Gasteiger partial charge in [0.2, 0.25) is 5.88 Å². The molecule has 0 aromatic carbocycles. The highest BCUT2D eigenvalue weighted by Gasteiger charge is 2.20. The van der Waals surface area contributed by atoms with Crippen LogP contribution in [0.1, 0.15) is 50.9 Å². The van der Waals surface area contributed by atoms with E-state index in [4.69, 9.17) is 4.74 Å². The van der Waals surface area contributed by atoms with Crippen molar-refractivity contribution in [1.29, 1.82) is 0 Å². The first-order valence-corrected chi connectivity index (χ1v) is 6.76. The lowest BCUT2D eigenvalue weighted by atomic mass is 10.1. The van der Waals surface area contributed by atoms with Crippen molar-refractivity contribution in [3.8, 4) is 5.88 Å². The highest BCUT2D eigenvalue weighted by atomic mass is 16.5. The molecule has 0 bridgehead atoms. The van der Waals surface area contributed by atoms with Gasteiger partial charge in [-0.3, -0.25) is 0 Å². The van der Waals surface area contributed by atoms with Gasteiger partial charge < -0.3 is 10.1 Å². The lowest BCUT2D eigenvalue weighted by molar-refractivity contribution is 0.0971. The fourth-order valence-electron chi connectivity index (χ4n) is 1.71. The van der Waals surface area contributed by atoms with Gasteiger partial charge in [0.05, 0.1) is 0 Å². The molecule has 0 aliphatic rings. The Morgan fingerprint density at radius 1 is 1.28 bits per heavy atom. The molecule has 1 aromatic rings. The maximum Gasteiger partial charge on any atom is 0.218 e. The Hall–Kier alpha value is -1.09. The van der Waals surface area contributed by atoms with E-state index in [9.17, 15) is 0 Å². The van der Waals surface area contributed by atoms with E-state index in [1.165, 1.54) is 11.1 Å². The predicted molar refractivity (Wildman–Crippen MR) is 76.1 cm³/mol. The maximum atomic E-state index is 6.09. The van der Waals surface area contributed by atoms with E-state index < -0.39 is 0 Å². The zero-order valence-electron chi connectivity index (χ0n) is 12.6. The minimum absolute atomic E-state index is 0.172. The van der Waals surface area contributed by atoms with Crippen LogP contribution >= 0.6 is 0 Å². The third kappa shape index (κ3) is 3.98. The monoisotopic (exact) mass is 250 g/mol. The van der Waals surface area contributed by atoms with Crippen molar-refractivity contribution in [2.45, 2.75) is 60.1 Å². The van der Waals surface area contributed by atoms with Crippen LogP contribution in [0.25, 0.3) is 0 Å². The molecule has 1 N–H and O–H groups in total. The Morgan fingerprint density at radius 3 is 2.50 bits per heavy atom. The van der Waals surface area contributed by atoms with Crippen molar-refractivity contribution >= 4 is 0 Å². The minimum Gasteiger partial charge on any atom is -0.471 e. The van der Waals surface area contributed by atoms with E-state index in [2.05, 4.69) is 51.0 Å². The van der Waals surface area contributed by atoms with Crippen molar-refractivity contribution < 1.29 is 4.74 Å². The average Bonchev–Trinajstić information content (AvgIpc) is 2.27. The summed E-state index contributed by atoms with van der Waals surface area (Å²) in [5.74, 6) is 0.778. The standard InChI is InChI=1S/C15H26N2O/c1-7-15(5,6)18-14-13(10-16-8-2)11(3)9-12(4)17-14/h9,16H,7-8,10H2,1-6H3. The Morgan fingerprint density at radius 2 is 1.94 bits per heavy atom. The van der Waals surface area contributed by atoms with Crippen molar-refractivity contribution in [3.05, 3.63) is 22.9 Å². The summed E-state index contributed by atoms with van der Waals surface area (Å²) >= 11 is 0. The normalized spacial score (nSPS) is 11.7. The topological polar surface area (TPSA) is 34.2 Å². The second-order valence-electron chi connectivity index (χ2n) is 5.36. The van der Waals surface area contributed by atoms with Crippen LogP contribution in [0.15, 0.2) is 6.07 Å². The second-order valence-corrected chi connectivity index (χ2v) is 5.36. The molecular weight excluding hydrogens is 224 g/mol. The summed E-state index contributed by atoms with van der Waals surface area (Å²) in [7, 11) is 0. The molecule has 1 rings (SSSR count). The lowest BCUT2D eigenvalue weighted by Gasteiger charge is -2.26. The van der Waals surface area contributed by atoms with Gasteiger partial charge in [-0.2, -0.15) is 0 Å². The van der Waals surface area contributed by atoms with E-state index in [0.717, 1.165) is 31.1 Å². The molecule has 1 heterocycles. The van der Waals surface area contributed by atoms with Gasteiger partial charge in [-0.1, -0.05) is 13.8 Å². The lowest BCUT2D eigenvalue weighted by Crippen LogP contribution is -2.28. The van der Waals surface area contributed by atoms with Crippen LogP contribution in [0.2, 0.25) is 0 Å². The van der Waals surface area contributed by atoms with E-state index in [-0.39, 0.29) is 5.60 Å². The van der Waals surface area contributed by atoms with Gasteiger partial charge >= 0.3 is 0 Å². The number of hydrogen-bond donors (Lipinski definition) is 1. The Bertz CT molecular complexity index is 400. The van der Waals surface area contributed by atoms with E-state index in [0.29, 0.717) is 0 Å². The predicted octanol–water partition coefficient (Wildman–Crippen LogP) is 3.38. The number of aryl methyl sites for hydroxylation is 2. The largest absolute Gasteiger partial charge is 0.471 e. The number of hydrogen-bond acceptors (Lipinski definition) is 3. The molecule has 0 amide bonds. The fraction of sp³-hybridized carbons (Fsp3) is 0.667. The summed E-state index contributed by atoms with van der Waals surface area (Å²) in [6.45, 7) is 14.3. The van der Waals surface area contributed by atoms with Crippen molar-refractivity contribution in [1.82, 2.24) is 10.3 Å². The molecule has 0 aliphatic heterocycles. The van der Waals surface area contributed by atoms with Gasteiger partial charge in [0.1, 0.15) is 5.60 Å². The van der Waals surface area contributed by atoms with E-state index in [1.54, 1.807) is 0 Å². The van der Waals surface area contributed by atoms with Crippen molar-refractivity contribution in [2.24, 2.45) is 0 Å². The first-order chi connectivity index (χ1) is 8.39. The summed E-state index contributed by atoms with van der Waals surface area (Å²) in [6.07, 6.45) is 0.961. The van der Waals surface area contributed by atoms with Gasteiger partial charge in [0.15, 0.2) is 0 Å². The first kappa shape index (κ1) is 15.0. The molecule has 0 atom stereocenters. The van der Waals surface area contributed by atoms with Gasteiger partial charge in [-0.05, 0) is 52.3 Å². The first-order valence-electron chi connectivity index (χ1n) is 6.76. The van der Waals surface area contributed by atoms with Gasteiger partial charge in [0, 0.05) is 17.8 Å². The molecule has 0 spiro atoms. The van der Waals surface area contributed by atoms with Crippen LogP contribution in [0.4, 0.5) is 0 Å². The SMILES string of the molecule is CCNCc1c(C)cc(C)nc1OC(C)(C)CC. The summed E-state index contributed by atoms with van der Waals surface area (Å²) in [5.41, 5.74) is 3.25. The van der Waals surface area contributed by atoms with Crippen LogP contribution in [-0.4, -0.2) is 17.1 Å². The summed E-state index contributed by atoms with van der Waals surface area (Å²) < 4.78 is 6.09. The molecule has 18 heavy (non-hydrogen) atoms. The molecule has 1 aromatic heterocycles. The second kappa shape index (κ2) is 6.19. The Kier molecular flexibility index (Phi) is 5.15. The van der Waals surface area contributed by atoms with E-state index >= 15 is 0 Å². The molecule has 0 aliphatic carbocycles. The molecule has 0 saturated carbocycles. The van der Waals surface area contributed by atoms with Crippen molar-refractivity contribution in [2.75, 3.05) is 6.54 Å². The van der Waals surface area contributed by atoms with Gasteiger partial charge in [-0.25, -0.2) is 4.98 Å². The smallest absolute Gasteiger partial charge is 0.218 e. The Balaban J connectivity index is 3.06. The highest BCUT2D eigenvalue weighted by molar-refractivity contribution is 5.36. The molecule has 0 radical (unpaired) electrons. The summed E-state index contributed by atoms with van der Waals surface area (Å²) in [6, 6.07) is 2.11. The molecule has 3 nitrogen and oxygen atoms in total. The number of rotatable bonds is 6. The summed E-state index contributed by atoms with van der Waals surface area (Å²) in [5, 5.41) is 3.35. The molecule has 3 heteroatoms. The van der Waals surface area contributed by atoms with E-state index in [1.807, 2.05) is 6.92 Å². The van der Waals surface area contributed by atoms with Crippen LogP contribution in [0, 0.1) is 13.8 Å². The average molecular weight is 250 g/mol. The number of nitrogens with zero attached hydrogens (tertiary/aromatic N) is 1. The zero-order valence-corrected chi connectivity index (χ0v) is 12.6. The van der Waals surface area contributed by atoms with Gasteiger partial charge in [0.25, 0.3) is 0 Å². The van der Waals surface area contributed by atoms with Crippen LogP contribution < -0.4 is 10.1 Å². The number of ether oxygens (including phenoxy) is 1. The highest BCUT2D eigenvalue weighted by Crippen LogP contribution is 2.26. The van der Waals surface area contributed by atoms with Crippen LogP contribution in [0.5, 0.6) is 5.88 Å². The summed E-state index contributed by atoms with van der Waals surface area (Å²) in [4.78, 5) is 4.56. The molecule has 0 fully saturated rings. The number of aromatic nitrogens is 1. The van der Waals surface area contributed by atoms with Gasteiger partial charge in [-0.15, -0.1) is 0 Å². The molecule has 0 saturated heterocycles. The van der Waals surface area contributed by atoms with Crippen molar-refractivity contribution in [3.63, 3.8) is 0 Å². The molecular formula is C15H26N2O.